The van der Waals surface area contributed by atoms with Crippen molar-refractivity contribution in [1.82, 2.24) is 4.98 Å². The molecule has 1 aromatic heterocycles. The summed E-state index contributed by atoms with van der Waals surface area (Å²) in [5, 5.41) is 0.373. The summed E-state index contributed by atoms with van der Waals surface area (Å²) in [6.45, 7) is 0.102. The molecule has 2 rings (SSSR count). The largest absolute Gasteiger partial charge is 0.481 e. The summed E-state index contributed by atoms with van der Waals surface area (Å²) in [7, 11) is 1.43. The number of pyridine rings is 1. The number of halogens is 3. The second-order valence-corrected chi connectivity index (χ2v) is 4.78. The normalized spacial score (nSPS) is 20.8. The van der Waals surface area contributed by atoms with Gasteiger partial charge in [-0.05, 0) is 6.07 Å². The molecule has 1 aromatic rings. The second kappa shape index (κ2) is 4.07. The topological polar surface area (TPSA) is 48.1 Å². The molecule has 0 unspecified atom stereocenters. The van der Waals surface area contributed by atoms with Gasteiger partial charge in [-0.15, -0.1) is 0 Å². The number of methoxy groups -OCH3 is 1. The zero-order valence-corrected chi connectivity index (χ0v) is 10.1. The standard InChI is InChI=1S/C11H13ClF2N2O/c1-17-9-8(7(12)2-3-16-9)10(6-15)4-11(13,14)5-10/h2-3H,4-6,15H2,1H3. The highest BCUT2D eigenvalue weighted by Gasteiger charge is 2.58. The van der Waals surface area contributed by atoms with Crippen LogP contribution in [0.15, 0.2) is 12.3 Å². The van der Waals surface area contributed by atoms with Gasteiger partial charge >= 0.3 is 0 Å². The van der Waals surface area contributed by atoms with Crippen molar-refractivity contribution in [3.63, 3.8) is 0 Å². The van der Waals surface area contributed by atoms with E-state index >= 15 is 0 Å². The molecule has 0 spiro atoms. The van der Waals surface area contributed by atoms with E-state index in [1.165, 1.54) is 13.3 Å². The minimum atomic E-state index is -2.68. The van der Waals surface area contributed by atoms with Crippen LogP contribution in [-0.2, 0) is 5.41 Å². The molecule has 0 aliphatic heterocycles. The predicted molar refractivity (Wildman–Crippen MR) is 60.7 cm³/mol. The van der Waals surface area contributed by atoms with E-state index in [4.69, 9.17) is 22.1 Å². The molecular formula is C11H13ClF2N2O. The van der Waals surface area contributed by atoms with Gasteiger partial charge in [-0.25, -0.2) is 13.8 Å². The smallest absolute Gasteiger partial charge is 0.250 e. The van der Waals surface area contributed by atoms with E-state index in [1.807, 2.05) is 0 Å². The summed E-state index contributed by atoms with van der Waals surface area (Å²) in [6.07, 6.45) is 0.863. The highest BCUT2D eigenvalue weighted by atomic mass is 35.5. The third-order valence-corrected chi connectivity index (χ3v) is 3.49. The summed E-state index contributed by atoms with van der Waals surface area (Å²) < 4.78 is 31.3. The van der Waals surface area contributed by atoms with Gasteiger partial charge in [0.1, 0.15) is 0 Å². The van der Waals surface area contributed by atoms with Crippen LogP contribution in [0.5, 0.6) is 5.88 Å². The van der Waals surface area contributed by atoms with Crippen LogP contribution in [0.25, 0.3) is 0 Å². The first kappa shape index (κ1) is 12.5. The Balaban J connectivity index is 2.46. The first-order chi connectivity index (χ1) is 7.94. The average Bonchev–Trinajstić information content (AvgIpc) is 2.25. The first-order valence-corrected chi connectivity index (χ1v) is 5.59. The molecule has 1 saturated carbocycles. The van der Waals surface area contributed by atoms with Crippen molar-refractivity contribution in [2.75, 3.05) is 13.7 Å². The molecule has 0 amide bonds. The third-order valence-electron chi connectivity index (χ3n) is 3.17. The highest BCUT2D eigenvalue weighted by molar-refractivity contribution is 6.31. The van der Waals surface area contributed by atoms with Gasteiger partial charge in [-0.3, -0.25) is 0 Å². The first-order valence-electron chi connectivity index (χ1n) is 5.21. The van der Waals surface area contributed by atoms with E-state index in [0.29, 0.717) is 10.6 Å². The van der Waals surface area contributed by atoms with Crippen LogP contribution >= 0.6 is 11.6 Å². The number of nitrogens with two attached hydrogens (primary N) is 1. The van der Waals surface area contributed by atoms with Crippen molar-refractivity contribution < 1.29 is 13.5 Å². The van der Waals surface area contributed by atoms with Crippen molar-refractivity contribution >= 4 is 11.6 Å². The molecule has 1 heterocycles. The molecule has 2 N–H and O–H groups in total. The fourth-order valence-electron chi connectivity index (χ4n) is 2.42. The van der Waals surface area contributed by atoms with Gasteiger partial charge in [0.25, 0.3) is 0 Å². The molecule has 1 aliphatic carbocycles. The molecule has 6 heteroatoms. The predicted octanol–water partition coefficient (Wildman–Crippen LogP) is 2.37. The Morgan fingerprint density at radius 1 is 1.53 bits per heavy atom. The van der Waals surface area contributed by atoms with Gasteiger partial charge in [0, 0.05) is 36.6 Å². The Hall–Kier alpha value is -0.940. The van der Waals surface area contributed by atoms with E-state index in [1.54, 1.807) is 6.07 Å². The van der Waals surface area contributed by atoms with Crippen molar-refractivity contribution in [3.8, 4) is 5.88 Å². The lowest BCUT2D eigenvalue weighted by Crippen LogP contribution is -2.54. The van der Waals surface area contributed by atoms with Gasteiger partial charge in [-0.2, -0.15) is 0 Å². The molecule has 17 heavy (non-hydrogen) atoms. The SMILES string of the molecule is COc1nccc(Cl)c1C1(CN)CC(F)(F)C1. The molecule has 94 valence electrons. The summed E-state index contributed by atoms with van der Waals surface area (Å²) >= 11 is 6.06. The number of aromatic nitrogens is 1. The molecule has 1 fully saturated rings. The maximum absolute atomic E-state index is 13.1. The van der Waals surface area contributed by atoms with Gasteiger partial charge in [0.05, 0.1) is 12.1 Å². The van der Waals surface area contributed by atoms with Crippen molar-refractivity contribution in [2.45, 2.75) is 24.2 Å². The van der Waals surface area contributed by atoms with Crippen LogP contribution in [0, 0.1) is 0 Å². The van der Waals surface area contributed by atoms with Crippen LogP contribution in [0.3, 0.4) is 0 Å². The molecular weight excluding hydrogens is 250 g/mol. The number of hydrogen-bond donors (Lipinski definition) is 1. The van der Waals surface area contributed by atoms with E-state index < -0.39 is 11.3 Å². The van der Waals surface area contributed by atoms with E-state index in [2.05, 4.69) is 4.98 Å². The number of nitrogens with zero attached hydrogens (tertiary/aromatic N) is 1. The summed E-state index contributed by atoms with van der Waals surface area (Å²) in [5.74, 6) is -2.40. The number of alkyl halides is 2. The van der Waals surface area contributed by atoms with Crippen molar-refractivity contribution in [1.29, 1.82) is 0 Å². The molecule has 0 radical (unpaired) electrons. The van der Waals surface area contributed by atoms with E-state index in [0.717, 1.165) is 0 Å². The fourth-order valence-corrected chi connectivity index (χ4v) is 2.75. The van der Waals surface area contributed by atoms with Crippen LogP contribution in [0.4, 0.5) is 8.78 Å². The zero-order chi connectivity index (χ0) is 12.7. The Morgan fingerprint density at radius 3 is 2.65 bits per heavy atom. The summed E-state index contributed by atoms with van der Waals surface area (Å²) in [6, 6.07) is 1.56. The number of ether oxygens (including phenoxy) is 1. The molecule has 0 bridgehead atoms. The third kappa shape index (κ3) is 1.98. The second-order valence-electron chi connectivity index (χ2n) is 4.37. The Bertz CT molecular complexity index is 431. The average molecular weight is 263 g/mol. The molecule has 3 nitrogen and oxygen atoms in total. The molecule has 1 aliphatic rings. The quantitative estimate of drug-likeness (QED) is 0.910. The number of hydrogen-bond acceptors (Lipinski definition) is 3. The Labute approximate surface area is 103 Å². The summed E-state index contributed by atoms with van der Waals surface area (Å²) in [4.78, 5) is 3.99. The number of rotatable bonds is 3. The maximum Gasteiger partial charge on any atom is 0.250 e. The van der Waals surface area contributed by atoms with E-state index in [-0.39, 0.29) is 25.3 Å². The van der Waals surface area contributed by atoms with Crippen LogP contribution in [-0.4, -0.2) is 24.6 Å². The van der Waals surface area contributed by atoms with E-state index in [9.17, 15) is 8.78 Å². The van der Waals surface area contributed by atoms with Gasteiger partial charge in [0.15, 0.2) is 0 Å². The minimum absolute atomic E-state index is 0.102. The highest BCUT2D eigenvalue weighted by Crippen LogP contribution is 2.55. The fraction of sp³-hybridized carbons (Fsp3) is 0.545. The summed E-state index contributed by atoms with van der Waals surface area (Å²) in [5.41, 5.74) is 5.32. The Kier molecular flexibility index (Phi) is 2.99. The van der Waals surface area contributed by atoms with Crippen LogP contribution in [0.1, 0.15) is 18.4 Å². The lowest BCUT2D eigenvalue weighted by atomic mass is 9.62. The van der Waals surface area contributed by atoms with Crippen LogP contribution < -0.4 is 10.5 Å². The minimum Gasteiger partial charge on any atom is -0.481 e. The van der Waals surface area contributed by atoms with Crippen molar-refractivity contribution in [3.05, 3.63) is 22.8 Å². The van der Waals surface area contributed by atoms with Crippen LogP contribution in [0.2, 0.25) is 5.02 Å². The Morgan fingerprint density at radius 2 is 2.18 bits per heavy atom. The molecule has 0 aromatic carbocycles. The van der Waals surface area contributed by atoms with Crippen molar-refractivity contribution in [2.24, 2.45) is 5.73 Å². The monoisotopic (exact) mass is 262 g/mol. The lowest BCUT2D eigenvalue weighted by molar-refractivity contribution is -0.124. The van der Waals surface area contributed by atoms with Gasteiger partial charge in [-0.1, -0.05) is 11.6 Å². The maximum atomic E-state index is 13.1. The van der Waals surface area contributed by atoms with Gasteiger partial charge in [0.2, 0.25) is 11.8 Å². The zero-order valence-electron chi connectivity index (χ0n) is 9.34. The lowest BCUT2D eigenvalue weighted by Gasteiger charge is -2.47. The molecule has 0 saturated heterocycles. The molecule has 0 atom stereocenters. The van der Waals surface area contributed by atoms with Gasteiger partial charge < -0.3 is 10.5 Å².